The van der Waals surface area contributed by atoms with Gasteiger partial charge in [0.25, 0.3) is 11.5 Å². The first kappa shape index (κ1) is 17.3. The summed E-state index contributed by atoms with van der Waals surface area (Å²) in [5.41, 5.74) is 1.25. The van der Waals surface area contributed by atoms with E-state index in [1.165, 1.54) is 18.9 Å². The van der Waals surface area contributed by atoms with Crippen LogP contribution in [0.3, 0.4) is 0 Å². The van der Waals surface area contributed by atoms with Gasteiger partial charge in [0, 0.05) is 36.1 Å². The molecule has 0 spiro atoms. The highest BCUT2D eigenvalue weighted by Crippen LogP contribution is 2.34. The fourth-order valence-corrected chi connectivity index (χ4v) is 4.77. The third kappa shape index (κ3) is 2.94. The van der Waals surface area contributed by atoms with E-state index < -0.39 is 0 Å². The van der Waals surface area contributed by atoms with Gasteiger partial charge in [-0.3, -0.25) is 9.59 Å². The Balaban J connectivity index is 1.63. The molecule has 2 aliphatic heterocycles. The highest BCUT2D eigenvalue weighted by Gasteiger charge is 2.38. The molecule has 2 fully saturated rings. The Labute approximate surface area is 154 Å². The average Bonchev–Trinajstić information content (AvgIpc) is 2.84. The SMILES string of the molecule is CCCn1c(=O)cc(C(=O)NC2C[C@H]3CC[C@@H](C2)N3C)c2ccccc21. The molecule has 1 amide bonds. The van der Waals surface area contributed by atoms with E-state index in [9.17, 15) is 9.59 Å². The Hall–Kier alpha value is -2.14. The van der Waals surface area contributed by atoms with Crippen LogP contribution in [-0.4, -0.2) is 40.5 Å². The van der Waals surface area contributed by atoms with Gasteiger partial charge in [-0.05, 0) is 45.2 Å². The maximum atomic E-state index is 13.0. The highest BCUT2D eigenvalue weighted by atomic mass is 16.2. The highest BCUT2D eigenvalue weighted by molar-refractivity contribution is 6.06. The van der Waals surface area contributed by atoms with E-state index in [4.69, 9.17) is 0 Å². The molecule has 5 nitrogen and oxygen atoms in total. The minimum absolute atomic E-state index is 0.0980. The van der Waals surface area contributed by atoms with Crippen LogP contribution >= 0.6 is 0 Å². The van der Waals surface area contributed by atoms with Crippen LogP contribution < -0.4 is 10.9 Å². The van der Waals surface area contributed by atoms with Gasteiger partial charge in [0.05, 0.1) is 11.1 Å². The number of nitrogens with zero attached hydrogens (tertiary/aromatic N) is 2. The first-order chi connectivity index (χ1) is 12.6. The molecule has 1 N–H and O–H groups in total. The molecule has 5 heteroatoms. The first-order valence-corrected chi connectivity index (χ1v) is 9.74. The topological polar surface area (TPSA) is 54.3 Å². The van der Waals surface area contributed by atoms with Crippen LogP contribution in [0.4, 0.5) is 0 Å². The summed E-state index contributed by atoms with van der Waals surface area (Å²) in [5, 5.41) is 4.07. The molecule has 2 aliphatic rings. The number of para-hydroxylation sites is 1. The third-order valence-corrected chi connectivity index (χ3v) is 6.14. The molecular weight excluding hydrogens is 326 g/mol. The number of hydrogen-bond acceptors (Lipinski definition) is 3. The summed E-state index contributed by atoms with van der Waals surface area (Å²) in [7, 11) is 2.20. The Morgan fingerprint density at radius 2 is 1.88 bits per heavy atom. The van der Waals surface area contributed by atoms with Crippen LogP contribution in [0.2, 0.25) is 0 Å². The minimum atomic E-state index is -0.115. The van der Waals surface area contributed by atoms with Gasteiger partial charge in [-0.1, -0.05) is 25.1 Å². The first-order valence-electron chi connectivity index (χ1n) is 9.74. The fourth-order valence-electron chi connectivity index (χ4n) is 4.77. The van der Waals surface area contributed by atoms with Crippen LogP contribution in [0, 0.1) is 0 Å². The van der Waals surface area contributed by atoms with Crippen molar-refractivity contribution in [3.63, 3.8) is 0 Å². The van der Waals surface area contributed by atoms with Gasteiger partial charge in [0.1, 0.15) is 0 Å². The monoisotopic (exact) mass is 353 g/mol. The van der Waals surface area contributed by atoms with Gasteiger partial charge in [-0.2, -0.15) is 0 Å². The van der Waals surface area contributed by atoms with E-state index in [1.807, 2.05) is 24.3 Å². The molecular formula is C21H27N3O2. The Morgan fingerprint density at radius 1 is 1.19 bits per heavy atom. The molecule has 26 heavy (non-hydrogen) atoms. The lowest BCUT2D eigenvalue weighted by atomic mass is 9.97. The molecule has 3 heterocycles. The zero-order valence-electron chi connectivity index (χ0n) is 15.6. The largest absolute Gasteiger partial charge is 0.349 e. The molecule has 1 aromatic carbocycles. The lowest BCUT2D eigenvalue weighted by molar-refractivity contribution is 0.0884. The van der Waals surface area contributed by atoms with Crippen LogP contribution in [0.5, 0.6) is 0 Å². The van der Waals surface area contributed by atoms with Gasteiger partial charge in [-0.25, -0.2) is 0 Å². The second kappa shape index (κ2) is 6.88. The van der Waals surface area contributed by atoms with Gasteiger partial charge < -0.3 is 14.8 Å². The normalized spacial score (nSPS) is 25.5. The zero-order chi connectivity index (χ0) is 18.3. The maximum absolute atomic E-state index is 13.0. The number of rotatable bonds is 4. The summed E-state index contributed by atoms with van der Waals surface area (Å²) in [6, 6.07) is 10.6. The number of carbonyl (C=O) groups excluding carboxylic acids is 1. The van der Waals surface area contributed by atoms with Gasteiger partial charge >= 0.3 is 0 Å². The summed E-state index contributed by atoms with van der Waals surface area (Å²) in [6.07, 6.45) is 5.34. The molecule has 3 atom stereocenters. The number of fused-ring (bicyclic) bond motifs is 3. The fraction of sp³-hybridized carbons (Fsp3) is 0.524. The van der Waals surface area contributed by atoms with Crippen molar-refractivity contribution in [1.29, 1.82) is 0 Å². The maximum Gasteiger partial charge on any atom is 0.252 e. The minimum Gasteiger partial charge on any atom is -0.349 e. The number of benzene rings is 1. The van der Waals surface area contributed by atoms with E-state index in [2.05, 4.69) is 24.2 Å². The summed E-state index contributed by atoms with van der Waals surface area (Å²) < 4.78 is 1.77. The summed E-state index contributed by atoms with van der Waals surface area (Å²) in [4.78, 5) is 28.0. The number of piperidine rings is 1. The van der Waals surface area contributed by atoms with E-state index in [0.29, 0.717) is 24.2 Å². The van der Waals surface area contributed by atoms with Crippen molar-refractivity contribution < 1.29 is 4.79 Å². The number of carbonyl (C=O) groups is 1. The third-order valence-electron chi connectivity index (χ3n) is 6.14. The standard InChI is InChI=1S/C21H27N3O2/c1-3-10-24-19-7-5-4-6-17(19)18(13-20(24)25)21(26)22-14-11-15-8-9-16(12-14)23(15)2/h4-7,13-16H,3,8-12H2,1-2H3,(H,22,26)/t14?,15-,16+. The second-order valence-corrected chi connectivity index (χ2v) is 7.76. The van der Waals surface area contributed by atoms with E-state index in [1.54, 1.807) is 4.57 Å². The lowest BCUT2D eigenvalue weighted by Crippen LogP contribution is -2.48. The smallest absolute Gasteiger partial charge is 0.252 e. The Bertz CT molecular complexity index is 874. The van der Waals surface area contributed by atoms with Gasteiger partial charge in [0.2, 0.25) is 0 Å². The quantitative estimate of drug-likeness (QED) is 0.920. The van der Waals surface area contributed by atoms with E-state index in [0.717, 1.165) is 30.2 Å². The molecule has 2 bridgehead atoms. The summed E-state index contributed by atoms with van der Waals surface area (Å²) >= 11 is 0. The molecule has 1 aromatic heterocycles. The average molecular weight is 353 g/mol. The number of nitrogens with one attached hydrogen (secondary N) is 1. The Morgan fingerprint density at radius 3 is 2.58 bits per heavy atom. The molecule has 138 valence electrons. The molecule has 0 aliphatic carbocycles. The van der Waals surface area contributed by atoms with Crippen LogP contribution in [0.15, 0.2) is 35.1 Å². The van der Waals surface area contributed by atoms with Gasteiger partial charge in [0.15, 0.2) is 0 Å². The van der Waals surface area contributed by atoms with Crippen molar-refractivity contribution in [3.05, 3.63) is 46.2 Å². The predicted octanol–water partition coefficient (Wildman–Crippen LogP) is 2.77. The number of aryl methyl sites for hydroxylation is 1. The van der Waals surface area contributed by atoms with Crippen LogP contribution in [0.1, 0.15) is 49.4 Å². The summed E-state index contributed by atoms with van der Waals surface area (Å²) in [6.45, 7) is 2.72. The van der Waals surface area contributed by atoms with Crippen molar-refractivity contribution in [2.24, 2.45) is 0 Å². The molecule has 0 radical (unpaired) electrons. The molecule has 4 rings (SSSR count). The van der Waals surface area contributed by atoms with Crippen molar-refractivity contribution in [2.75, 3.05) is 7.05 Å². The second-order valence-electron chi connectivity index (χ2n) is 7.76. The lowest BCUT2D eigenvalue weighted by Gasteiger charge is -2.36. The summed E-state index contributed by atoms with van der Waals surface area (Å²) in [5.74, 6) is -0.115. The van der Waals surface area contributed by atoms with Crippen molar-refractivity contribution in [2.45, 2.75) is 63.7 Å². The Kier molecular flexibility index (Phi) is 4.57. The van der Waals surface area contributed by atoms with E-state index >= 15 is 0 Å². The van der Waals surface area contributed by atoms with E-state index in [-0.39, 0.29) is 17.5 Å². The predicted molar refractivity (Wildman–Crippen MR) is 104 cm³/mol. The van der Waals surface area contributed by atoms with Crippen LogP contribution in [-0.2, 0) is 6.54 Å². The van der Waals surface area contributed by atoms with Gasteiger partial charge in [-0.15, -0.1) is 0 Å². The van der Waals surface area contributed by atoms with Crippen molar-refractivity contribution in [1.82, 2.24) is 14.8 Å². The number of aromatic nitrogens is 1. The number of pyridine rings is 1. The number of hydrogen-bond donors (Lipinski definition) is 1. The molecule has 2 aromatic rings. The van der Waals surface area contributed by atoms with Crippen molar-refractivity contribution >= 4 is 16.8 Å². The molecule has 0 saturated carbocycles. The molecule has 2 saturated heterocycles. The zero-order valence-corrected chi connectivity index (χ0v) is 15.6. The number of amides is 1. The van der Waals surface area contributed by atoms with Crippen LogP contribution in [0.25, 0.3) is 10.9 Å². The van der Waals surface area contributed by atoms with Crippen molar-refractivity contribution in [3.8, 4) is 0 Å². The molecule has 1 unspecified atom stereocenters.